The highest BCUT2D eigenvalue weighted by molar-refractivity contribution is 5.90. The topological polar surface area (TPSA) is 71.4 Å². The van der Waals surface area contributed by atoms with Gasteiger partial charge in [-0.1, -0.05) is 50.8 Å². The number of Topliss-reactive ketones (excluding diaryl/α,β-unsaturated/α-hetero) is 1. The number of carbonyl (C=O) groups is 3. The Hall–Kier alpha value is -1.71. The second kappa shape index (κ2) is 13.5. The van der Waals surface area contributed by atoms with Gasteiger partial charge >= 0.3 is 5.97 Å². The zero-order valence-corrected chi connectivity index (χ0v) is 16.1. The van der Waals surface area contributed by atoms with Crippen LogP contribution in [0.4, 0.5) is 0 Å². The maximum Gasteiger partial charge on any atom is 0.303 e. The molecular formula is C22H34O4. The van der Waals surface area contributed by atoms with Crippen LogP contribution in [-0.4, -0.2) is 22.6 Å². The third-order valence-electron chi connectivity index (χ3n) is 5.03. The highest BCUT2D eigenvalue weighted by atomic mass is 16.4. The zero-order valence-electron chi connectivity index (χ0n) is 16.1. The molecule has 0 radical (unpaired) electrons. The van der Waals surface area contributed by atoms with Crippen molar-refractivity contribution >= 4 is 17.5 Å². The number of aliphatic carboxylic acids is 1. The fourth-order valence-corrected chi connectivity index (χ4v) is 3.42. The van der Waals surface area contributed by atoms with Crippen molar-refractivity contribution in [3.05, 3.63) is 24.3 Å². The quantitative estimate of drug-likeness (QED) is 0.260. The fourth-order valence-electron chi connectivity index (χ4n) is 3.42. The minimum absolute atomic E-state index is 0.0284. The normalized spacial score (nSPS) is 20.4. The minimum Gasteiger partial charge on any atom is -0.481 e. The van der Waals surface area contributed by atoms with Crippen LogP contribution in [0.1, 0.15) is 84.0 Å². The Balaban J connectivity index is 2.32. The van der Waals surface area contributed by atoms with Gasteiger partial charge in [0.05, 0.1) is 0 Å². The fraction of sp³-hybridized carbons (Fsp3) is 0.682. The number of allylic oxidation sites excluding steroid dienone is 4. The smallest absolute Gasteiger partial charge is 0.303 e. The van der Waals surface area contributed by atoms with Gasteiger partial charge in [0.25, 0.3) is 0 Å². The lowest BCUT2D eigenvalue weighted by atomic mass is 9.91. The SMILES string of the molecule is CCCCCCCC(=O)C=CC1CCC(=O)C1CC=CCCCC(=O)O. The second-order valence-corrected chi connectivity index (χ2v) is 7.26. The number of carbonyl (C=O) groups excluding carboxylic acids is 2. The van der Waals surface area contributed by atoms with Gasteiger partial charge in [0.15, 0.2) is 5.78 Å². The van der Waals surface area contributed by atoms with Gasteiger partial charge in [-0.25, -0.2) is 0 Å². The van der Waals surface area contributed by atoms with Crippen LogP contribution in [0.5, 0.6) is 0 Å². The third kappa shape index (κ3) is 9.69. The van der Waals surface area contributed by atoms with Crippen LogP contribution in [0.15, 0.2) is 24.3 Å². The van der Waals surface area contributed by atoms with E-state index in [1.165, 1.54) is 19.3 Å². The Morgan fingerprint density at radius 1 is 1.08 bits per heavy atom. The summed E-state index contributed by atoms with van der Waals surface area (Å²) < 4.78 is 0. The summed E-state index contributed by atoms with van der Waals surface area (Å²) in [5, 5.41) is 8.60. The lowest BCUT2D eigenvalue weighted by Gasteiger charge is -2.12. The standard InChI is InChI=1S/C22H34O4/c1-2-3-4-5-8-11-19(23)16-14-18-15-17-21(24)20(18)12-9-6-7-10-13-22(25)26/h6,9,14,16,18,20H,2-5,7-8,10-13,15,17H2,1H3,(H,25,26). The molecule has 0 amide bonds. The van der Waals surface area contributed by atoms with Crippen LogP contribution in [0.3, 0.4) is 0 Å². The molecule has 0 heterocycles. The maximum atomic E-state index is 12.1. The zero-order chi connectivity index (χ0) is 19.2. The second-order valence-electron chi connectivity index (χ2n) is 7.26. The van der Waals surface area contributed by atoms with Crippen LogP contribution in [-0.2, 0) is 14.4 Å². The average molecular weight is 363 g/mol. The molecule has 1 fully saturated rings. The number of unbranched alkanes of at least 4 members (excludes halogenated alkanes) is 5. The summed E-state index contributed by atoms with van der Waals surface area (Å²) in [7, 11) is 0. The van der Waals surface area contributed by atoms with E-state index < -0.39 is 5.97 Å². The first-order chi connectivity index (χ1) is 12.5. The van der Waals surface area contributed by atoms with E-state index in [0.717, 1.165) is 25.7 Å². The summed E-state index contributed by atoms with van der Waals surface area (Å²) >= 11 is 0. The lowest BCUT2D eigenvalue weighted by molar-refractivity contribution is -0.137. The minimum atomic E-state index is -0.774. The Morgan fingerprint density at radius 2 is 1.85 bits per heavy atom. The molecule has 2 atom stereocenters. The van der Waals surface area contributed by atoms with Crippen molar-refractivity contribution in [3.8, 4) is 0 Å². The molecular weight excluding hydrogens is 328 g/mol. The Kier molecular flexibility index (Phi) is 11.6. The molecule has 1 rings (SSSR count). The van der Waals surface area contributed by atoms with E-state index in [4.69, 9.17) is 5.11 Å². The van der Waals surface area contributed by atoms with Gasteiger partial charge in [-0.15, -0.1) is 0 Å². The molecule has 4 nitrogen and oxygen atoms in total. The number of ketones is 2. The van der Waals surface area contributed by atoms with Crippen LogP contribution < -0.4 is 0 Å². The molecule has 0 aliphatic heterocycles. The van der Waals surface area contributed by atoms with Crippen LogP contribution in [0.25, 0.3) is 0 Å². The average Bonchev–Trinajstić information content (AvgIpc) is 2.95. The maximum absolute atomic E-state index is 12.1. The van der Waals surface area contributed by atoms with Gasteiger partial charge in [0, 0.05) is 25.2 Å². The summed E-state index contributed by atoms with van der Waals surface area (Å²) in [6.45, 7) is 2.18. The van der Waals surface area contributed by atoms with Crippen molar-refractivity contribution in [2.45, 2.75) is 84.0 Å². The molecule has 1 saturated carbocycles. The molecule has 0 saturated heterocycles. The van der Waals surface area contributed by atoms with E-state index in [2.05, 4.69) is 6.92 Å². The van der Waals surface area contributed by atoms with Gasteiger partial charge in [-0.2, -0.15) is 0 Å². The van der Waals surface area contributed by atoms with E-state index in [1.807, 2.05) is 18.2 Å². The summed E-state index contributed by atoms with van der Waals surface area (Å²) in [5.41, 5.74) is 0. The molecule has 0 aromatic rings. The van der Waals surface area contributed by atoms with Crippen molar-refractivity contribution in [2.75, 3.05) is 0 Å². The van der Waals surface area contributed by atoms with Gasteiger partial charge in [0.1, 0.15) is 5.78 Å². The van der Waals surface area contributed by atoms with E-state index in [1.54, 1.807) is 6.08 Å². The first kappa shape index (κ1) is 22.3. The molecule has 4 heteroatoms. The molecule has 0 spiro atoms. The molecule has 1 N–H and O–H groups in total. The molecule has 2 unspecified atom stereocenters. The van der Waals surface area contributed by atoms with E-state index >= 15 is 0 Å². The molecule has 146 valence electrons. The Morgan fingerprint density at radius 3 is 2.58 bits per heavy atom. The van der Waals surface area contributed by atoms with Gasteiger partial charge in [-0.3, -0.25) is 14.4 Å². The van der Waals surface area contributed by atoms with Crippen molar-refractivity contribution in [3.63, 3.8) is 0 Å². The Labute approximate surface area is 157 Å². The molecule has 0 aromatic carbocycles. The number of hydrogen-bond acceptors (Lipinski definition) is 3. The third-order valence-corrected chi connectivity index (χ3v) is 5.03. The highest BCUT2D eigenvalue weighted by Crippen LogP contribution is 2.32. The predicted molar refractivity (Wildman–Crippen MR) is 104 cm³/mol. The first-order valence-corrected chi connectivity index (χ1v) is 10.1. The van der Waals surface area contributed by atoms with E-state index in [-0.39, 0.29) is 29.8 Å². The van der Waals surface area contributed by atoms with E-state index in [9.17, 15) is 14.4 Å². The largest absolute Gasteiger partial charge is 0.481 e. The predicted octanol–water partition coefficient (Wildman–Crippen LogP) is 5.27. The highest BCUT2D eigenvalue weighted by Gasteiger charge is 2.31. The van der Waals surface area contributed by atoms with Crippen molar-refractivity contribution in [2.24, 2.45) is 11.8 Å². The van der Waals surface area contributed by atoms with Crippen molar-refractivity contribution in [1.29, 1.82) is 0 Å². The van der Waals surface area contributed by atoms with Crippen LogP contribution >= 0.6 is 0 Å². The van der Waals surface area contributed by atoms with Crippen molar-refractivity contribution in [1.82, 2.24) is 0 Å². The molecule has 0 aromatic heterocycles. The number of carboxylic acid groups (broad SMARTS) is 1. The molecule has 0 bridgehead atoms. The monoisotopic (exact) mass is 362 g/mol. The molecule has 1 aliphatic rings. The van der Waals surface area contributed by atoms with Crippen LogP contribution in [0.2, 0.25) is 0 Å². The summed E-state index contributed by atoms with van der Waals surface area (Å²) in [6, 6.07) is 0. The summed E-state index contributed by atoms with van der Waals surface area (Å²) in [5.74, 6) is -0.190. The number of rotatable bonds is 14. The van der Waals surface area contributed by atoms with Gasteiger partial charge in [0.2, 0.25) is 0 Å². The summed E-state index contributed by atoms with van der Waals surface area (Å²) in [4.78, 5) is 34.5. The van der Waals surface area contributed by atoms with Crippen LogP contribution in [0, 0.1) is 11.8 Å². The summed E-state index contributed by atoms with van der Waals surface area (Å²) in [6.07, 6.45) is 17.6. The Bertz CT molecular complexity index is 504. The molecule has 1 aliphatic carbocycles. The first-order valence-electron chi connectivity index (χ1n) is 10.1. The number of carboxylic acids is 1. The van der Waals surface area contributed by atoms with Gasteiger partial charge < -0.3 is 5.11 Å². The van der Waals surface area contributed by atoms with Gasteiger partial charge in [-0.05, 0) is 44.1 Å². The number of hydrogen-bond donors (Lipinski definition) is 1. The van der Waals surface area contributed by atoms with E-state index in [0.29, 0.717) is 25.7 Å². The van der Waals surface area contributed by atoms with Crippen molar-refractivity contribution < 1.29 is 19.5 Å². The molecule has 26 heavy (non-hydrogen) atoms. The lowest BCUT2D eigenvalue weighted by Crippen LogP contribution is -2.12.